The SMILES string of the molecule is N#Cc1ccc2c(c1)C(=O)c1cccc3c(C#N)ccc-2c13. The van der Waals surface area contributed by atoms with Crippen LogP contribution in [0.4, 0.5) is 0 Å². The third-order valence-corrected chi connectivity index (χ3v) is 4.09. The van der Waals surface area contributed by atoms with Crippen molar-refractivity contribution in [3.05, 3.63) is 70.8 Å². The summed E-state index contributed by atoms with van der Waals surface area (Å²) in [6.45, 7) is 0. The lowest BCUT2D eigenvalue weighted by atomic mass is 9.81. The number of benzene rings is 3. The van der Waals surface area contributed by atoms with Crippen LogP contribution in [-0.2, 0) is 0 Å². The molecule has 0 bridgehead atoms. The summed E-state index contributed by atoms with van der Waals surface area (Å²) >= 11 is 0. The van der Waals surface area contributed by atoms with E-state index in [1.807, 2.05) is 18.2 Å². The van der Waals surface area contributed by atoms with Gasteiger partial charge < -0.3 is 0 Å². The number of hydrogen-bond acceptors (Lipinski definition) is 3. The van der Waals surface area contributed by atoms with Gasteiger partial charge in [0.2, 0.25) is 0 Å². The first-order chi connectivity index (χ1) is 10.7. The van der Waals surface area contributed by atoms with Gasteiger partial charge in [0.05, 0.1) is 23.3 Å². The first kappa shape index (κ1) is 12.3. The lowest BCUT2D eigenvalue weighted by Gasteiger charge is -2.20. The molecule has 0 atom stereocenters. The molecule has 100 valence electrons. The molecule has 1 aliphatic carbocycles. The summed E-state index contributed by atoms with van der Waals surface area (Å²) in [5.74, 6) is -0.0970. The van der Waals surface area contributed by atoms with E-state index in [4.69, 9.17) is 5.26 Å². The Hall–Kier alpha value is -3.43. The van der Waals surface area contributed by atoms with E-state index in [0.29, 0.717) is 22.3 Å². The predicted molar refractivity (Wildman–Crippen MR) is 82.2 cm³/mol. The molecule has 22 heavy (non-hydrogen) atoms. The average Bonchev–Trinajstić information content (AvgIpc) is 2.58. The van der Waals surface area contributed by atoms with Gasteiger partial charge in [0, 0.05) is 21.9 Å². The van der Waals surface area contributed by atoms with Gasteiger partial charge in [-0.05, 0) is 29.3 Å². The van der Waals surface area contributed by atoms with E-state index >= 15 is 0 Å². The molecule has 0 saturated carbocycles. The highest BCUT2D eigenvalue weighted by Gasteiger charge is 2.26. The lowest BCUT2D eigenvalue weighted by molar-refractivity contribution is 0.104. The quantitative estimate of drug-likeness (QED) is 0.492. The number of nitriles is 2. The van der Waals surface area contributed by atoms with Gasteiger partial charge in [0.1, 0.15) is 0 Å². The smallest absolute Gasteiger partial charge is 0.194 e. The first-order valence-corrected chi connectivity index (χ1v) is 6.79. The first-order valence-electron chi connectivity index (χ1n) is 6.79. The fourth-order valence-electron chi connectivity index (χ4n) is 3.10. The zero-order chi connectivity index (χ0) is 15.3. The molecule has 3 heteroatoms. The maximum Gasteiger partial charge on any atom is 0.194 e. The van der Waals surface area contributed by atoms with Crippen molar-refractivity contribution < 1.29 is 4.79 Å². The topological polar surface area (TPSA) is 64.7 Å². The molecule has 0 unspecified atom stereocenters. The Morgan fingerprint density at radius 2 is 1.59 bits per heavy atom. The highest BCUT2D eigenvalue weighted by Crippen LogP contribution is 2.40. The fourth-order valence-corrected chi connectivity index (χ4v) is 3.10. The van der Waals surface area contributed by atoms with Crippen LogP contribution < -0.4 is 0 Å². The van der Waals surface area contributed by atoms with Gasteiger partial charge >= 0.3 is 0 Å². The number of ketones is 1. The number of carbonyl (C=O) groups excluding carboxylic acids is 1. The third kappa shape index (κ3) is 1.45. The molecule has 3 aromatic carbocycles. The molecule has 0 aromatic heterocycles. The Labute approximate surface area is 126 Å². The third-order valence-electron chi connectivity index (χ3n) is 4.09. The maximum atomic E-state index is 12.8. The van der Waals surface area contributed by atoms with Crippen molar-refractivity contribution >= 4 is 16.6 Å². The summed E-state index contributed by atoms with van der Waals surface area (Å²) in [7, 11) is 0. The second-order valence-electron chi connectivity index (χ2n) is 5.20. The van der Waals surface area contributed by atoms with E-state index in [1.54, 1.807) is 30.3 Å². The molecule has 0 aliphatic heterocycles. The van der Waals surface area contributed by atoms with E-state index in [9.17, 15) is 10.1 Å². The molecule has 4 rings (SSSR count). The summed E-state index contributed by atoms with van der Waals surface area (Å²) in [5, 5.41) is 19.9. The molecule has 0 radical (unpaired) electrons. The van der Waals surface area contributed by atoms with E-state index in [-0.39, 0.29) is 5.78 Å². The molecule has 0 heterocycles. The average molecular weight is 280 g/mol. The Balaban J connectivity index is 2.20. The van der Waals surface area contributed by atoms with Gasteiger partial charge in [-0.3, -0.25) is 4.79 Å². The molecule has 0 fully saturated rings. The second kappa shape index (κ2) is 4.28. The van der Waals surface area contributed by atoms with E-state index < -0.39 is 0 Å². The maximum absolute atomic E-state index is 12.8. The molecule has 0 N–H and O–H groups in total. The van der Waals surface area contributed by atoms with Gasteiger partial charge in [0.15, 0.2) is 5.78 Å². The molecular formula is C19H8N2O. The Morgan fingerprint density at radius 1 is 0.773 bits per heavy atom. The van der Waals surface area contributed by atoms with Crippen LogP contribution in [0.25, 0.3) is 21.9 Å². The summed E-state index contributed by atoms with van der Waals surface area (Å²) in [5.41, 5.74) is 3.92. The Morgan fingerprint density at radius 3 is 2.36 bits per heavy atom. The molecule has 3 aromatic rings. The molecule has 0 spiro atoms. The lowest BCUT2D eigenvalue weighted by Crippen LogP contribution is -2.10. The van der Waals surface area contributed by atoms with Crippen molar-refractivity contribution in [3.8, 4) is 23.3 Å². The molecular weight excluding hydrogens is 272 g/mol. The molecule has 0 saturated heterocycles. The summed E-state index contributed by atoms with van der Waals surface area (Å²) < 4.78 is 0. The minimum Gasteiger partial charge on any atom is -0.289 e. The van der Waals surface area contributed by atoms with Crippen molar-refractivity contribution in [1.29, 1.82) is 10.5 Å². The number of fused-ring (bicyclic) bond motifs is 2. The zero-order valence-electron chi connectivity index (χ0n) is 11.4. The standard InChI is InChI=1S/C19H8N2O/c20-9-11-4-6-14-15-7-5-12(10-21)13-2-1-3-16(18(13)15)19(22)17(14)8-11/h1-8H. The zero-order valence-corrected chi connectivity index (χ0v) is 11.4. The van der Waals surface area contributed by atoms with Crippen molar-refractivity contribution in [2.45, 2.75) is 0 Å². The minimum absolute atomic E-state index is 0.0970. The Kier molecular flexibility index (Phi) is 2.40. The van der Waals surface area contributed by atoms with Gasteiger partial charge in [-0.1, -0.05) is 30.3 Å². The highest BCUT2D eigenvalue weighted by atomic mass is 16.1. The van der Waals surface area contributed by atoms with Crippen molar-refractivity contribution in [3.63, 3.8) is 0 Å². The number of hydrogen-bond donors (Lipinski definition) is 0. The van der Waals surface area contributed by atoms with Crippen LogP contribution >= 0.6 is 0 Å². The van der Waals surface area contributed by atoms with Gasteiger partial charge in [-0.15, -0.1) is 0 Å². The highest BCUT2D eigenvalue weighted by molar-refractivity contribution is 6.26. The summed E-state index contributed by atoms with van der Waals surface area (Å²) in [4.78, 5) is 12.8. The van der Waals surface area contributed by atoms with E-state index in [1.165, 1.54) is 0 Å². The normalized spacial score (nSPS) is 11.6. The van der Waals surface area contributed by atoms with Crippen LogP contribution in [-0.4, -0.2) is 5.78 Å². The van der Waals surface area contributed by atoms with Crippen molar-refractivity contribution in [1.82, 2.24) is 0 Å². The van der Waals surface area contributed by atoms with Crippen LogP contribution in [0.2, 0.25) is 0 Å². The molecule has 3 nitrogen and oxygen atoms in total. The number of nitrogens with zero attached hydrogens (tertiary/aromatic N) is 2. The van der Waals surface area contributed by atoms with Crippen LogP contribution in [0.5, 0.6) is 0 Å². The monoisotopic (exact) mass is 280 g/mol. The van der Waals surface area contributed by atoms with Crippen LogP contribution in [0.3, 0.4) is 0 Å². The van der Waals surface area contributed by atoms with Gasteiger partial charge in [0.25, 0.3) is 0 Å². The van der Waals surface area contributed by atoms with Gasteiger partial charge in [-0.25, -0.2) is 0 Å². The van der Waals surface area contributed by atoms with E-state index in [2.05, 4.69) is 12.1 Å². The van der Waals surface area contributed by atoms with E-state index in [0.717, 1.165) is 21.9 Å². The summed E-state index contributed by atoms with van der Waals surface area (Å²) in [6, 6.07) is 18.5. The predicted octanol–water partition coefficient (Wildman–Crippen LogP) is 3.79. The van der Waals surface area contributed by atoms with Gasteiger partial charge in [-0.2, -0.15) is 10.5 Å². The van der Waals surface area contributed by atoms with Crippen molar-refractivity contribution in [2.24, 2.45) is 0 Å². The summed E-state index contributed by atoms with van der Waals surface area (Å²) in [6.07, 6.45) is 0. The number of rotatable bonds is 0. The fraction of sp³-hybridized carbons (Fsp3) is 0. The second-order valence-corrected chi connectivity index (χ2v) is 5.20. The van der Waals surface area contributed by atoms with Crippen LogP contribution in [0.1, 0.15) is 27.0 Å². The minimum atomic E-state index is -0.0970. The van der Waals surface area contributed by atoms with Crippen LogP contribution in [0, 0.1) is 22.7 Å². The largest absolute Gasteiger partial charge is 0.289 e. The van der Waals surface area contributed by atoms with Crippen LogP contribution in [0.15, 0.2) is 48.5 Å². The molecule has 1 aliphatic rings. The Bertz CT molecular complexity index is 1070. The number of carbonyl (C=O) groups is 1. The molecule has 0 amide bonds. The van der Waals surface area contributed by atoms with Crippen molar-refractivity contribution in [2.75, 3.05) is 0 Å².